The highest BCUT2D eigenvalue weighted by Crippen LogP contribution is 2.33. The van der Waals surface area contributed by atoms with Crippen LogP contribution in [0.25, 0.3) is 5.65 Å². The summed E-state index contributed by atoms with van der Waals surface area (Å²) >= 11 is 0. The maximum absolute atomic E-state index is 6.49. The van der Waals surface area contributed by atoms with Crippen LogP contribution in [-0.4, -0.2) is 9.38 Å². The molecule has 1 unspecified atom stereocenters. The Morgan fingerprint density at radius 3 is 2.83 bits per heavy atom. The van der Waals surface area contributed by atoms with Crippen LogP contribution in [0.5, 0.6) is 0 Å². The molecule has 2 heterocycles. The average Bonchev–Trinajstić information content (AvgIpc) is 2.84. The van der Waals surface area contributed by atoms with E-state index in [0.29, 0.717) is 5.92 Å². The Balaban J connectivity index is 1.98. The highest BCUT2D eigenvalue weighted by Gasteiger charge is 2.24. The van der Waals surface area contributed by atoms with E-state index in [0.717, 1.165) is 5.65 Å². The topological polar surface area (TPSA) is 43.3 Å². The monoisotopic (exact) mass is 243 g/mol. The van der Waals surface area contributed by atoms with Gasteiger partial charge in [-0.05, 0) is 37.8 Å². The maximum atomic E-state index is 6.49. The molecule has 1 aliphatic carbocycles. The lowest BCUT2D eigenvalue weighted by atomic mass is 9.83. The van der Waals surface area contributed by atoms with Crippen LogP contribution in [0, 0.1) is 12.8 Å². The van der Waals surface area contributed by atoms with Gasteiger partial charge in [0, 0.05) is 11.7 Å². The minimum atomic E-state index is 0.126. The summed E-state index contributed by atoms with van der Waals surface area (Å²) in [4.78, 5) is 4.48. The lowest BCUT2D eigenvalue weighted by Crippen LogP contribution is -2.25. The first-order valence-corrected chi connectivity index (χ1v) is 6.96. The van der Waals surface area contributed by atoms with Crippen molar-refractivity contribution in [1.82, 2.24) is 9.38 Å². The lowest BCUT2D eigenvalue weighted by Gasteiger charge is -2.27. The molecule has 3 heteroatoms. The van der Waals surface area contributed by atoms with Gasteiger partial charge in [0.25, 0.3) is 0 Å². The largest absolute Gasteiger partial charge is 0.322 e. The van der Waals surface area contributed by atoms with E-state index in [2.05, 4.69) is 22.4 Å². The van der Waals surface area contributed by atoms with E-state index in [1.807, 2.05) is 18.3 Å². The zero-order valence-electron chi connectivity index (χ0n) is 11.0. The summed E-state index contributed by atoms with van der Waals surface area (Å²) < 4.78 is 2.21. The van der Waals surface area contributed by atoms with Crippen molar-refractivity contribution in [1.29, 1.82) is 0 Å². The molecule has 0 saturated heterocycles. The molecule has 2 aromatic rings. The van der Waals surface area contributed by atoms with E-state index in [4.69, 9.17) is 5.73 Å². The summed E-state index contributed by atoms with van der Waals surface area (Å²) in [6.07, 6.45) is 8.51. The molecule has 96 valence electrons. The summed E-state index contributed by atoms with van der Waals surface area (Å²) in [7, 11) is 0. The van der Waals surface area contributed by atoms with Crippen molar-refractivity contribution in [3.63, 3.8) is 0 Å². The Morgan fingerprint density at radius 1 is 1.28 bits per heavy atom. The first kappa shape index (κ1) is 11.7. The molecule has 1 fully saturated rings. The molecular formula is C15H21N3. The highest BCUT2D eigenvalue weighted by atomic mass is 15.0. The van der Waals surface area contributed by atoms with E-state index in [-0.39, 0.29) is 6.04 Å². The normalized spacial score (nSPS) is 19.2. The number of aromatic nitrogens is 2. The minimum absolute atomic E-state index is 0.126. The van der Waals surface area contributed by atoms with Crippen molar-refractivity contribution in [2.75, 3.05) is 0 Å². The smallest absolute Gasteiger partial charge is 0.137 e. The summed E-state index contributed by atoms with van der Waals surface area (Å²) in [5, 5.41) is 0. The summed E-state index contributed by atoms with van der Waals surface area (Å²) in [6, 6.07) is 6.34. The van der Waals surface area contributed by atoms with Crippen LogP contribution in [0.3, 0.4) is 0 Å². The van der Waals surface area contributed by atoms with Gasteiger partial charge in [0.05, 0.1) is 11.9 Å². The molecule has 0 spiro atoms. The number of rotatable bonds is 2. The van der Waals surface area contributed by atoms with Gasteiger partial charge < -0.3 is 5.73 Å². The van der Waals surface area contributed by atoms with Crippen LogP contribution >= 0.6 is 0 Å². The Bertz CT molecular complexity index is 538. The lowest BCUT2D eigenvalue weighted by molar-refractivity contribution is 0.304. The van der Waals surface area contributed by atoms with Gasteiger partial charge in [-0.25, -0.2) is 4.98 Å². The summed E-state index contributed by atoms with van der Waals surface area (Å²) in [6.45, 7) is 2.12. The Morgan fingerprint density at radius 2 is 2.06 bits per heavy atom. The zero-order valence-corrected chi connectivity index (χ0v) is 11.0. The Labute approximate surface area is 108 Å². The quantitative estimate of drug-likeness (QED) is 0.880. The van der Waals surface area contributed by atoms with Gasteiger partial charge in [-0.3, -0.25) is 4.40 Å². The standard InChI is InChI=1S/C15H21N3/c1-11-6-5-9-14-17-10-13(18(11)14)15(16)12-7-3-2-4-8-12/h5-6,9-10,12,15H,2-4,7-8,16H2,1H3. The number of nitrogens with zero attached hydrogens (tertiary/aromatic N) is 2. The molecule has 18 heavy (non-hydrogen) atoms. The molecule has 3 rings (SSSR count). The number of hydrogen-bond acceptors (Lipinski definition) is 2. The van der Waals surface area contributed by atoms with E-state index in [9.17, 15) is 0 Å². The Kier molecular flexibility index (Phi) is 3.08. The number of hydrogen-bond donors (Lipinski definition) is 1. The highest BCUT2D eigenvalue weighted by molar-refractivity contribution is 5.42. The van der Waals surface area contributed by atoms with Crippen molar-refractivity contribution in [2.24, 2.45) is 11.7 Å². The molecular weight excluding hydrogens is 222 g/mol. The van der Waals surface area contributed by atoms with Crippen LogP contribution < -0.4 is 5.73 Å². The number of nitrogens with two attached hydrogens (primary N) is 1. The molecule has 3 nitrogen and oxygen atoms in total. The first-order chi connectivity index (χ1) is 8.77. The fourth-order valence-electron chi connectivity index (χ4n) is 3.20. The third-order valence-electron chi connectivity index (χ3n) is 4.25. The second-order valence-electron chi connectivity index (χ2n) is 5.47. The van der Waals surface area contributed by atoms with Gasteiger partial charge in [0.1, 0.15) is 5.65 Å². The van der Waals surface area contributed by atoms with Crippen molar-refractivity contribution in [3.8, 4) is 0 Å². The molecule has 1 saturated carbocycles. The van der Waals surface area contributed by atoms with Crippen molar-refractivity contribution >= 4 is 5.65 Å². The van der Waals surface area contributed by atoms with E-state index >= 15 is 0 Å². The van der Waals surface area contributed by atoms with Gasteiger partial charge in [-0.15, -0.1) is 0 Å². The molecule has 1 aliphatic rings. The van der Waals surface area contributed by atoms with E-state index in [1.54, 1.807) is 0 Å². The van der Waals surface area contributed by atoms with Gasteiger partial charge in [-0.2, -0.15) is 0 Å². The fraction of sp³-hybridized carbons (Fsp3) is 0.533. The van der Waals surface area contributed by atoms with Gasteiger partial charge in [-0.1, -0.05) is 25.3 Å². The molecule has 0 bridgehead atoms. The van der Waals surface area contributed by atoms with Crippen molar-refractivity contribution in [2.45, 2.75) is 45.1 Å². The maximum Gasteiger partial charge on any atom is 0.137 e. The van der Waals surface area contributed by atoms with Crippen LogP contribution in [0.2, 0.25) is 0 Å². The number of fused-ring (bicyclic) bond motifs is 1. The Hall–Kier alpha value is -1.35. The predicted octanol–water partition coefficient (Wildman–Crippen LogP) is 3.22. The second kappa shape index (κ2) is 4.73. The molecule has 2 N–H and O–H groups in total. The SMILES string of the molecule is Cc1cccc2ncc(C(N)C3CCCCC3)n12. The molecule has 1 atom stereocenters. The number of aryl methyl sites for hydroxylation is 1. The molecule has 0 aliphatic heterocycles. The van der Waals surface area contributed by atoms with Crippen LogP contribution in [0.4, 0.5) is 0 Å². The summed E-state index contributed by atoms with van der Waals surface area (Å²) in [5.74, 6) is 0.623. The van der Waals surface area contributed by atoms with Crippen LogP contribution in [0.15, 0.2) is 24.4 Å². The first-order valence-electron chi connectivity index (χ1n) is 6.96. The third-order valence-corrected chi connectivity index (χ3v) is 4.25. The molecule has 0 amide bonds. The fourth-order valence-corrected chi connectivity index (χ4v) is 3.20. The van der Waals surface area contributed by atoms with Gasteiger partial charge in [0.15, 0.2) is 0 Å². The zero-order chi connectivity index (χ0) is 12.5. The van der Waals surface area contributed by atoms with Gasteiger partial charge >= 0.3 is 0 Å². The molecule has 2 aromatic heterocycles. The molecule has 0 aromatic carbocycles. The average molecular weight is 243 g/mol. The van der Waals surface area contributed by atoms with E-state index in [1.165, 1.54) is 43.5 Å². The van der Waals surface area contributed by atoms with Crippen molar-refractivity contribution < 1.29 is 0 Å². The third kappa shape index (κ3) is 1.93. The number of pyridine rings is 1. The van der Waals surface area contributed by atoms with Gasteiger partial charge in [0.2, 0.25) is 0 Å². The van der Waals surface area contributed by atoms with Crippen LogP contribution in [-0.2, 0) is 0 Å². The van der Waals surface area contributed by atoms with E-state index < -0.39 is 0 Å². The number of imidazole rings is 1. The summed E-state index contributed by atoms with van der Waals surface area (Å²) in [5.41, 5.74) is 9.89. The second-order valence-corrected chi connectivity index (χ2v) is 5.47. The minimum Gasteiger partial charge on any atom is -0.322 e. The predicted molar refractivity (Wildman–Crippen MR) is 73.4 cm³/mol. The molecule has 0 radical (unpaired) electrons. The van der Waals surface area contributed by atoms with Crippen LogP contribution in [0.1, 0.15) is 49.5 Å². The van der Waals surface area contributed by atoms with Crippen molar-refractivity contribution in [3.05, 3.63) is 35.8 Å².